The number of unbranched alkanes of at least 4 members (excludes halogenated alkanes) is 12. The number of aldehydes is 1. The van der Waals surface area contributed by atoms with Crippen LogP contribution in [0.15, 0.2) is 60.3 Å². The van der Waals surface area contributed by atoms with E-state index in [4.69, 9.17) is 43.7 Å². The van der Waals surface area contributed by atoms with Crippen LogP contribution in [0.5, 0.6) is 11.5 Å². The molecule has 0 aromatic heterocycles. The van der Waals surface area contributed by atoms with Gasteiger partial charge in [0, 0.05) is 33.2 Å². The number of carbonyl (C=O) groups excluding carboxylic acids is 13. The highest BCUT2D eigenvalue weighted by molar-refractivity contribution is 6.02. The normalized spacial score (nSPS) is 29.6. The van der Waals surface area contributed by atoms with Gasteiger partial charge in [0.25, 0.3) is 11.8 Å². The lowest BCUT2D eigenvalue weighted by atomic mass is 9.96. The van der Waals surface area contributed by atoms with E-state index in [9.17, 15) is 110 Å². The quantitative estimate of drug-likeness (QED) is 0.0129. The molecule has 732 valence electrons. The van der Waals surface area contributed by atoms with Crippen molar-refractivity contribution in [1.29, 1.82) is 0 Å². The molecule has 45 heteroatoms. The lowest BCUT2D eigenvalue weighted by molar-refractivity contribution is -0.339. The molecule has 0 saturated carbocycles. The number of aliphatic hydroxyl groups excluding tert-OH is 12. The Labute approximate surface area is 751 Å². The van der Waals surface area contributed by atoms with E-state index < -0.39 is 294 Å². The third-order valence-corrected chi connectivity index (χ3v) is 22.2. The maximum Gasteiger partial charge on any atom is 0.329 e. The highest BCUT2D eigenvalue weighted by Crippen LogP contribution is 2.31. The zero-order chi connectivity index (χ0) is 96.9. The number of allylic oxidation sites excluding steroid dienone is 1. The van der Waals surface area contributed by atoms with E-state index in [-0.39, 0.29) is 35.5 Å². The predicted molar refractivity (Wildman–Crippen MR) is 453 cm³/mol. The van der Waals surface area contributed by atoms with Gasteiger partial charge >= 0.3 is 5.97 Å². The molecule has 0 radical (unpaired) electrons. The fourth-order valence-corrected chi connectivity index (χ4v) is 14.7. The second-order valence-electron chi connectivity index (χ2n) is 32.6. The molecule has 2 aromatic rings. The fourth-order valence-electron chi connectivity index (χ4n) is 14.7. The molecule has 6 unspecified atom stereocenters. The standard InChI is InChI=1S/C83H129N11O33.C2H4O/c1-9-11-12-13-14-15-16-17-18-19-20-21-22-23-54(124-82-70(111)71(53(102)39-121-82)127-81-62(86-44(7)99)67(108)64(105)55(37-95)125-81)66(107)79(119)92-60(41(4)98)76(116)93-61-42(5)122-80(120)52(35-46-26-30-48(101)31-27-46)90-78(118)63(43(6)123-83-69(110)68(109)65(106)56(38-96)126-83)94(8)58(104)36-85-72(112)50(32-33-57(84)103)88-73(113)49(10-2)87-74(114)51(34-45-24-28-47(100)29-25-45)89-75(115)59(40(3)97)91-77(61)117;1-2-3/h10,24-31,40-43,50-56,59-71,81-83,95-98,100-102,105-111H,9,11-23,32-39H2,1-8H3,(H2,84,103)(H,85,112)(H,86,99)(H,87,114)(H,88,113)(H,89,115)(H,90,118)(H,91,117)(H,92,119)(H,93,116);2H,1H3/b49-10-;/t40-,41?,42+,43?,50+,51+,52-,53+,54?,55-,56-,59-,60?,61-,62-,63?,64-,65-,66?,67-,68+,69+,70-,71+,81+,82-,83+;/m0./s1. The zero-order valence-corrected chi connectivity index (χ0v) is 74.4. The summed E-state index contributed by atoms with van der Waals surface area (Å²) in [6.07, 6.45) is -25.0. The van der Waals surface area contributed by atoms with Crippen LogP contribution in [0.1, 0.15) is 169 Å². The summed E-state index contributed by atoms with van der Waals surface area (Å²) >= 11 is 0. The van der Waals surface area contributed by atoms with Gasteiger partial charge < -0.3 is 168 Å². The van der Waals surface area contributed by atoms with Gasteiger partial charge in [-0.15, -0.1) is 0 Å². The molecule has 4 heterocycles. The van der Waals surface area contributed by atoms with E-state index >= 15 is 19.2 Å². The molecule has 4 aliphatic heterocycles. The number of aromatic hydroxyl groups is 2. The molecule has 45 nitrogen and oxygen atoms in total. The van der Waals surface area contributed by atoms with Crippen LogP contribution >= 0.6 is 0 Å². The Morgan fingerprint density at radius 1 is 0.623 bits per heavy atom. The first-order valence-electron chi connectivity index (χ1n) is 43.5. The van der Waals surface area contributed by atoms with Gasteiger partial charge in [0.05, 0.1) is 50.8 Å². The summed E-state index contributed by atoms with van der Waals surface area (Å²) in [5.74, 6) is -15.9. The first-order chi connectivity index (χ1) is 61.6. The van der Waals surface area contributed by atoms with Gasteiger partial charge in [-0.25, -0.2) is 4.79 Å². The number of ether oxygens (including phenoxy) is 7. The van der Waals surface area contributed by atoms with Crippen LogP contribution in [0.2, 0.25) is 0 Å². The molecular weight excluding hydrogens is 1720 g/mol. The van der Waals surface area contributed by atoms with E-state index in [1.165, 1.54) is 75.2 Å². The number of rotatable bonds is 38. The molecule has 130 heavy (non-hydrogen) atoms. The fraction of sp³-hybridized carbons (Fsp3) is 0.682. The van der Waals surface area contributed by atoms with Gasteiger partial charge in [-0.05, 0) is 89.8 Å². The average Bonchev–Trinajstić information content (AvgIpc) is 0.797. The first kappa shape index (κ1) is 111. The van der Waals surface area contributed by atoms with Crippen molar-refractivity contribution in [2.24, 2.45) is 5.73 Å². The van der Waals surface area contributed by atoms with Crippen LogP contribution in [0, 0.1) is 0 Å². The third kappa shape index (κ3) is 34.2. The van der Waals surface area contributed by atoms with Gasteiger partial charge in [0.15, 0.2) is 25.0 Å². The van der Waals surface area contributed by atoms with Gasteiger partial charge in [-0.3, -0.25) is 52.7 Å². The number of carbonyl (C=O) groups is 13. The number of likely N-dealkylation sites (N-methyl/N-ethyl adjacent to an activating group) is 1. The molecular formula is C85H133N11O34. The lowest BCUT2D eigenvalue weighted by Gasteiger charge is -2.46. The number of esters is 1. The number of nitrogens with zero attached hydrogens (tertiary/aromatic N) is 1. The number of amides is 11. The van der Waals surface area contributed by atoms with Crippen molar-refractivity contribution in [3.63, 3.8) is 0 Å². The highest BCUT2D eigenvalue weighted by Gasteiger charge is 2.52. The van der Waals surface area contributed by atoms with Crippen molar-refractivity contribution < 1.29 is 167 Å². The van der Waals surface area contributed by atoms with Crippen molar-refractivity contribution in [3.05, 3.63) is 71.4 Å². The summed E-state index contributed by atoms with van der Waals surface area (Å²) in [5, 5.41) is 174. The number of cyclic esters (lactones) is 1. The Hall–Kier alpha value is -9.63. The first-order valence-corrected chi connectivity index (χ1v) is 43.5. The molecule has 4 fully saturated rings. The molecule has 2 aromatic carbocycles. The van der Waals surface area contributed by atoms with Crippen LogP contribution in [0.4, 0.5) is 0 Å². The van der Waals surface area contributed by atoms with E-state index in [0.29, 0.717) is 17.7 Å². The highest BCUT2D eigenvalue weighted by atomic mass is 16.7. The molecule has 4 aliphatic rings. The summed E-state index contributed by atoms with van der Waals surface area (Å²) in [4.78, 5) is 183. The number of phenols is 2. The number of aliphatic hydroxyl groups is 12. The minimum atomic E-state index is -2.41. The maximum absolute atomic E-state index is 15.4. The predicted octanol–water partition coefficient (Wildman–Crippen LogP) is -6.23. The number of hydrogen-bond donors (Lipinski definition) is 24. The molecule has 4 saturated heterocycles. The van der Waals surface area contributed by atoms with Crippen molar-refractivity contribution in [2.75, 3.05) is 33.4 Å². The Kier molecular flexibility index (Phi) is 47.5. The topological polar surface area (TPSA) is 707 Å². The molecule has 11 amide bonds. The minimum Gasteiger partial charge on any atom is -0.508 e. The minimum absolute atomic E-state index is 0.134. The Morgan fingerprint density at radius 3 is 1.68 bits per heavy atom. The Morgan fingerprint density at radius 2 is 1.15 bits per heavy atom. The Bertz CT molecular complexity index is 3980. The monoisotopic (exact) mass is 1850 g/mol. The third-order valence-electron chi connectivity index (χ3n) is 22.2. The number of nitrogens with two attached hydrogens (primary N) is 1. The number of primary amides is 1. The van der Waals surface area contributed by atoms with Crippen LogP contribution in [0.25, 0.3) is 0 Å². The summed E-state index contributed by atoms with van der Waals surface area (Å²) in [6, 6.07) is -6.19. The summed E-state index contributed by atoms with van der Waals surface area (Å²) in [7, 11) is 0.994. The molecule has 6 rings (SSSR count). The Balaban J connectivity index is 0.00000983. The molecule has 0 spiro atoms. The second-order valence-corrected chi connectivity index (χ2v) is 32.6. The summed E-state index contributed by atoms with van der Waals surface area (Å²) in [5.41, 5.74) is 5.20. The van der Waals surface area contributed by atoms with Crippen molar-refractivity contribution >= 4 is 77.2 Å². The van der Waals surface area contributed by atoms with Crippen LogP contribution in [0.3, 0.4) is 0 Å². The maximum atomic E-state index is 15.4. The van der Waals surface area contributed by atoms with Crippen LogP contribution < -0.4 is 53.6 Å². The molecule has 0 bridgehead atoms. The SMILES string of the molecule is C/C=C1\NC(=O)[C@@H](Cc2ccc(O)cc2)NC(=O)[C@H]([C@H](C)O)NC(=O)[C@@H](NC(=O)C(NC(=O)C(O)C(CCCCCCCCCCCCCCC)O[C@@H]2OC[C@@H](O)[C@@H](O[C@H]3O[C@@H](CO)[C@H](O)[C@@H](O)[C@@H]3NC(C)=O)[C@@H]2O)C(C)O)[C@@H](C)OC(=O)[C@H](Cc2ccc(O)cc2)NC(=O)C(C(C)O[C@@H]2O[C@@H](CO)[C@H](O)[C@@H](O)[C@H]2O)N(C)C(=O)CNC(=O)[C@@H](CCC(N)=O)NC1=O.CC=O. The zero-order valence-electron chi connectivity index (χ0n) is 74.4. The van der Waals surface area contributed by atoms with E-state index in [2.05, 4.69) is 54.8 Å². The van der Waals surface area contributed by atoms with Gasteiger partial charge in [-0.1, -0.05) is 121 Å². The molecule has 0 aliphatic carbocycles. The van der Waals surface area contributed by atoms with E-state index in [1.807, 2.05) is 0 Å². The van der Waals surface area contributed by atoms with E-state index in [1.54, 1.807) is 0 Å². The molecule has 27 atom stereocenters. The number of hydrogen-bond acceptors (Lipinski definition) is 34. The van der Waals surface area contributed by atoms with E-state index in [0.717, 1.165) is 105 Å². The smallest absolute Gasteiger partial charge is 0.329 e. The van der Waals surface area contributed by atoms with Crippen molar-refractivity contribution in [1.82, 2.24) is 52.8 Å². The number of phenolic OH excluding ortho intramolecular Hbond substituents is 2. The second kappa shape index (κ2) is 55.6. The van der Waals surface area contributed by atoms with Crippen molar-refractivity contribution in [2.45, 2.75) is 336 Å². The number of nitrogens with one attached hydrogen (secondary N) is 9. The largest absolute Gasteiger partial charge is 0.508 e. The summed E-state index contributed by atoms with van der Waals surface area (Å²) < 4.78 is 41.1. The average molecular weight is 1850 g/mol. The van der Waals surface area contributed by atoms with Gasteiger partial charge in [0.1, 0.15) is 139 Å². The summed E-state index contributed by atoms with van der Waals surface area (Å²) in [6.45, 7) is 6.40. The van der Waals surface area contributed by atoms with Gasteiger partial charge in [0.2, 0.25) is 53.2 Å². The lowest BCUT2D eigenvalue weighted by Crippen LogP contribution is -2.67. The van der Waals surface area contributed by atoms with Gasteiger partial charge in [-0.2, -0.15) is 0 Å². The number of benzene rings is 2. The van der Waals surface area contributed by atoms with Crippen LogP contribution in [-0.4, -0.2) is 352 Å². The van der Waals surface area contributed by atoms with Crippen LogP contribution in [-0.2, 0) is 108 Å². The molecule has 25 N–H and O–H groups in total. The van der Waals surface area contributed by atoms with Crippen molar-refractivity contribution in [3.8, 4) is 11.5 Å².